The van der Waals surface area contributed by atoms with E-state index in [2.05, 4.69) is 16.4 Å². The van der Waals surface area contributed by atoms with Gasteiger partial charge >= 0.3 is 5.97 Å². The summed E-state index contributed by atoms with van der Waals surface area (Å²) >= 11 is 1.67. The lowest BCUT2D eigenvalue weighted by Crippen LogP contribution is -2.25. The van der Waals surface area contributed by atoms with Gasteiger partial charge in [0.1, 0.15) is 11.9 Å². The maximum Gasteiger partial charge on any atom is 0.303 e. The molecule has 2 rings (SSSR count). The molecule has 0 radical (unpaired) electrons. The van der Waals surface area contributed by atoms with Crippen LogP contribution >= 0.6 is 11.3 Å². The van der Waals surface area contributed by atoms with Crippen molar-refractivity contribution in [3.63, 3.8) is 0 Å². The predicted molar refractivity (Wildman–Crippen MR) is 74.2 cm³/mol. The van der Waals surface area contributed by atoms with E-state index in [1.165, 1.54) is 4.88 Å². The third-order valence-electron chi connectivity index (χ3n) is 2.86. The van der Waals surface area contributed by atoms with Crippen LogP contribution in [0.25, 0.3) is 0 Å². The molecule has 0 aliphatic heterocycles. The molecule has 2 aromatic rings. The summed E-state index contributed by atoms with van der Waals surface area (Å²) in [7, 11) is 1.96. The number of hydrogen-bond acceptors (Lipinski definition) is 4. The molecule has 19 heavy (non-hydrogen) atoms. The van der Waals surface area contributed by atoms with E-state index in [-0.39, 0.29) is 12.5 Å². The number of aliphatic carboxylic acids is 1. The fourth-order valence-electron chi connectivity index (χ4n) is 1.92. The molecule has 2 aromatic heterocycles. The number of nitrogens with one attached hydrogen (secondary N) is 1. The van der Waals surface area contributed by atoms with Gasteiger partial charge in [-0.3, -0.25) is 4.79 Å². The number of carboxylic acids is 1. The Balaban J connectivity index is 2.04. The van der Waals surface area contributed by atoms with Crippen molar-refractivity contribution in [1.29, 1.82) is 0 Å². The van der Waals surface area contributed by atoms with Gasteiger partial charge < -0.3 is 15.0 Å². The molecule has 1 unspecified atom stereocenters. The van der Waals surface area contributed by atoms with Crippen molar-refractivity contribution < 1.29 is 9.90 Å². The summed E-state index contributed by atoms with van der Waals surface area (Å²) in [6, 6.07) is 4.09. The maximum absolute atomic E-state index is 10.5. The SMILES string of the molecule is Cn1ccnc1C(NCCCC(=O)O)c1cccs1. The van der Waals surface area contributed by atoms with E-state index in [1.54, 1.807) is 17.5 Å². The molecular formula is C13H17N3O2S. The van der Waals surface area contributed by atoms with Crippen molar-refractivity contribution in [2.75, 3.05) is 6.54 Å². The average Bonchev–Trinajstić information content (AvgIpc) is 3.01. The zero-order valence-corrected chi connectivity index (χ0v) is 11.6. The highest BCUT2D eigenvalue weighted by atomic mass is 32.1. The molecule has 0 aliphatic carbocycles. The molecular weight excluding hydrogens is 262 g/mol. The van der Waals surface area contributed by atoms with Gasteiger partial charge in [0, 0.05) is 30.7 Å². The highest BCUT2D eigenvalue weighted by molar-refractivity contribution is 7.10. The van der Waals surface area contributed by atoms with E-state index >= 15 is 0 Å². The van der Waals surface area contributed by atoms with E-state index in [0.29, 0.717) is 13.0 Å². The van der Waals surface area contributed by atoms with Gasteiger partial charge in [0.25, 0.3) is 0 Å². The smallest absolute Gasteiger partial charge is 0.303 e. The van der Waals surface area contributed by atoms with Crippen LogP contribution in [0.2, 0.25) is 0 Å². The van der Waals surface area contributed by atoms with Crippen LogP contribution in [0.3, 0.4) is 0 Å². The van der Waals surface area contributed by atoms with Gasteiger partial charge in [0.2, 0.25) is 0 Å². The van der Waals surface area contributed by atoms with Crippen LogP contribution in [0.5, 0.6) is 0 Å². The van der Waals surface area contributed by atoms with E-state index < -0.39 is 5.97 Å². The van der Waals surface area contributed by atoms with Gasteiger partial charge in [-0.1, -0.05) is 6.07 Å². The van der Waals surface area contributed by atoms with Crippen LogP contribution in [0.1, 0.15) is 29.6 Å². The third-order valence-corrected chi connectivity index (χ3v) is 3.80. The molecule has 6 heteroatoms. The molecule has 2 heterocycles. The largest absolute Gasteiger partial charge is 0.481 e. The summed E-state index contributed by atoms with van der Waals surface area (Å²) in [6.45, 7) is 0.654. The summed E-state index contributed by atoms with van der Waals surface area (Å²) in [5.74, 6) is 0.184. The van der Waals surface area contributed by atoms with Gasteiger partial charge in [-0.05, 0) is 24.4 Å². The lowest BCUT2D eigenvalue weighted by atomic mass is 10.2. The predicted octanol–water partition coefficient (Wildman–Crippen LogP) is 2.03. The van der Waals surface area contributed by atoms with Gasteiger partial charge in [0.05, 0.1) is 0 Å². The standard InChI is InChI=1S/C13H17N3O2S/c1-16-8-7-15-13(16)12(10-4-3-9-19-10)14-6-2-5-11(17)18/h3-4,7-9,12,14H,2,5-6H2,1H3,(H,17,18). The van der Waals surface area contributed by atoms with Gasteiger partial charge in [-0.25, -0.2) is 4.98 Å². The van der Waals surface area contributed by atoms with Crippen LogP contribution < -0.4 is 5.32 Å². The number of imidazole rings is 1. The molecule has 0 aliphatic rings. The number of aromatic nitrogens is 2. The highest BCUT2D eigenvalue weighted by Crippen LogP contribution is 2.24. The van der Waals surface area contributed by atoms with Crippen LogP contribution in [0.4, 0.5) is 0 Å². The van der Waals surface area contributed by atoms with Crippen molar-refractivity contribution in [2.24, 2.45) is 7.05 Å². The molecule has 0 bridgehead atoms. The molecule has 0 saturated heterocycles. The second-order valence-electron chi connectivity index (χ2n) is 4.30. The minimum Gasteiger partial charge on any atom is -0.481 e. The van der Waals surface area contributed by atoms with Crippen LogP contribution in [0, 0.1) is 0 Å². The van der Waals surface area contributed by atoms with E-state index in [1.807, 2.05) is 29.3 Å². The minimum absolute atomic E-state index is 0.0220. The molecule has 5 nitrogen and oxygen atoms in total. The summed E-state index contributed by atoms with van der Waals surface area (Å²) in [5, 5.41) is 14.1. The fourth-order valence-corrected chi connectivity index (χ4v) is 2.71. The average molecular weight is 279 g/mol. The van der Waals surface area contributed by atoms with Crippen LogP contribution in [0.15, 0.2) is 29.9 Å². The zero-order valence-electron chi connectivity index (χ0n) is 10.7. The van der Waals surface area contributed by atoms with Gasteiger partial charge in [-0.15, -0.1) is 11.3 Å². The first-order valence-electron chi connectivity index (χ1n) is 6.14. The second kappa shape index (κ2) is 6.49. The number of nitrogens with zero attached hydrogens (tertiary/aromatic N) is 2. The van der Waals surface area contributed by atoms with Crippen LogP contribution in [-0.4, -0.2) is 27.2 Å². The Kier molecular flexibility index (Phi) is 4.70. The maximum atomic E-state index is 10.5. The van der Waals surface area contributed by atoms with Crippen molar-refractivity contribution in [3.8, 4) is 0 Å². The highest BCUT2D eigenvalue weighted by Gasteiger charge is 2.18. The summed E-state index contributed by atoms with van der Waals surface area (Å²) in [6.07, 6.45) is 4.48. The summed E-state index contributed by atoms with van der Waals surface area (Å²) in [5.41, 5.74) is 0. The number of carboxylic acid groups (broad SMARTS) is 1. The Hall–Kier alpha value is -1.66. The first-order chi connectivity index (χ1) is 9.18. The molecule has 0 aromatic carbocycles. The van der Waals surface area contributed by atoms with E-state index in [9.17, 15) is 4.79 Å². The van der Waals surface area contributed by atoms with Gasteiger partial charge in [-0.2, -0.15) is 0 Å². The zero-order chi connectivity index (χ0) is 13.7. The molecule has 2 N–H and O–H groups in total. The Morgan fingerprint density at radius 2 is 2.47 bits per heavy atom. The van der Waals surface area contributed by atoms with E-state index in [0.717, 1.165) is 5.82 Å². The molecule has 0 amide bonds. The summed E-state index contributed by atoms with van der Waals surface area (Å²) < 4.78 is 1.98. The Morgan fingerprint density at radius 1 is 1.63 bits per heavy atom. The lowest BCUT2D eigenvalue weighted by molar-refractivity contribution is -0.137. The fraction of sp³-hybridized carbons (Fsp3) is 0.385. The quantitative estimate of drug-likeness (QED) is 0.761. The Bertz CT molecular complexity index is 522. The van der Waals surface area contributed by atoms with Crippen molar-refractivity contribution >= 4 is 17.3 Å². The minimum atomic E-state index is -0.758. The third kappa shape index (κ3) is 3.65. The monoisotopic (exact) mass is 279 g/mol. The second-order valence-corrected chi connectivity index (χ2v) is 5.28. The molecule has 0 saturated carbocycles. The number of hydrogen-bond donors (Lipinski definition) is 2. The molecule has 102 valence electrons. The number of aryl methyl sites for hydroxylation is 1. The topological polar surface area (TPSA) is 67.2 Å². The van der Waals surface area contributed by atoms with Crippen molar-refractivity contribution in [2.45, 2.75) is 18.9 Å². The normalized spacial score (nSPS) is 12.5. The van der Waals surface area contributed by atoms with E-state index in [4.69, 9.17) is 5.11 Å². The Labute approximate surface area is 115 Å². The first-order valence-corrected chi connectivity index (χ1v) is 7.02. The number of rotatable bonds is 7. The lowest BCUT2D eigenvalue weighted by Gasteiger charge is -2.17. The summed E-state index contributed by atoms with van der Waals surface area (Å²) in [4.78, 5) is 16.1. The van der Waals surface area contributed by atoms with Crippen molar-refractivity contribution in [3.05, 3.63) is 40.6 Å². The molecule has 0 spiro atoms. The first kappa shape index (κ1) is 13.8. The van der Waals surface area contributed by atoms with Crippen LogP contribution in [-0.2, 0) is 11.8 Å². The molecule has 1 atom stereocenters. The Morgan fingerprint density at radius 3 is 3.05 bits per heavy atom. The van der Waals surface area contributed by atoms with Gasteiger partial charge in [0.15, 0.2) is 0 Å². The number of thiophene rings is 1. The molecule has 0 fully saturated rings. The number of carbonyl (C=O) groups is 1. The van der Waals surface area contributed by atoms with Crippen molar-refractivity contribution in [1.82, 2.24) is 14.9 Å².